The van der Waals surface area contributed by atoms with Crippen LogP contribution < -0.4 is 0 Å². The van der Waals surface area contributed by atoms with Crippen LogP contribution >= 0.6 is 0 Å². The van der Waals surface area contributed by atoms with E-state index >= 15 is 0 Å². The Morgan fingerprint density at radius 3 is 1.88 bits per heavy atom. The van der Waals surface area contributed by atoms with Gasteiger partial charge in [0.25, 0.3) is 0 Å². The van der Waals surface area contributed by atoms with Crippen molar-refractivity contribution in [1.29, 1.82) is 0 Å². The van der Waals surface area contributed by atoms with Crippen LogP contribution in [0.2, 0.25) is 0 Å². The van der Waals surface area contributed by atoms with Gasteiger partial charge in [-0.1, -0.05) is 76.8 Å². The third-order valence-electron chi connectivity index (χ3n) is 1.44. The molecular formula is C16H28. The highest BCUT2D eigenvalue weighted by Crippen LogP contribution is 2.06. The minimum Gasteiger partial charge on any atom is -0.115 e. The number of terminal acetylenes is 1. The number of rotatable bonds is 4. The Balaban J connectivity index is -0.000000237. The first-order valence-electron chi connectivity index (χ1n) is 6.03. The molecule has 92 valence electrons. The van der Waals surface area contributed by atoms with Crippen molar-refractivity contribution in [2.45, 2.75) is 53.9 Å². The lowest BCUT2D eigenvalue weighted by Gasteiger charge is -1.95. The molecule has 0 unspecified atom stereocenters. The summed E-state index contributed by atoms with van der Waals surface area (Å²) in [5.74, 6) is 2.40. The van der Waals surface area contributed by atoms with Gasteiger partial charge in [0.05, 0.1) is 0 Å². The molecule has 0 heterocycles. The average Bonchev–Trinajstić information content (AvgIpc) is 2.28. The fourth-order valence-corrected chi connectivity index (χ4v) is 0.613. The molecule has 0 nitrogen and oxygen atoms in total. The van der Waals surface area contributed by atoms with Gasteiger partial charge in [-0.05, 0) is 19.4 Å². The highest BCUT2D eigenvalue weighted by Gasteiger charge is 1.86. The molecule has 0 aliphatic heterocycles. The van der Waals surface area contributed by atoms with Crippen molar-refractivity contribution in [2.24, 2.45) is 0 Å². The topological polar surface area (TPSA) is 0 Å². The van der Waals surface area contributed by atoms with Crippen molar-refractivity contribution in [1.82, 2.24) is 0 Å². The summed E-state index contributed by atoms with van der Waals surface area (Å²) in [5.41, 5.74) is 2.11. The van der Waals surface area contributed by atoms with Crippen LogP contribution in [-0.2, 0) is 0 Å². The van der Waals surface area contributed by atoms with E-state index in [0.717, 1.165) is 17.6 Å². The zero-order chi connectivity index (χ0) is 13.4. The number of allylic oxidation sites excluding steroid dienone is 4. The van der Waals surface area contributed by atoms with E-state index in [1.54, 1.807) is 6.08 Å². The molecule has 0 saturated heterocycles. The van der Waals surface area contributed by atoms with E-state index in [4.69, 9.17) is 6.42 Å². The number of hydrogen-bond acceptors (Lipinski definition) is 0. The Morgan fingerprint density at radius 2 is 1.62 bits per heavy atom. The van der Waals surface area contributed by atoms with Crippen molar-refractivity contribution in [2.75, 3.05) is 0 Å². The van der Waals surface area contributed by atoms with E-state index in [-0.39, 0.29) is 0 Å². The monoisotopic (exact) mass is 220 g/mol. The van der Waals surface area contributed by atoms with E-state index in [1.165, 1.54) is 12.8 Å². The Hall–Kier alpha value is -1.22. The average molecular weight is 220 g/mol. The van der Waals surface area contributed by atoms with E-state index in [9.17, 15) is 0 Å². The van der Waals surface area contributed by atoms with Crippen molar-refractivity contribution in [3.8, 4) is 12.3 Å². The van der Waals surface area contributed by atoms with Gasteiger partial charge in [0.1, 0.15) is 0 Å². The molecule has 0 bridgehead atoms. The zero-order valence-corrected chi connectivity index (χ0v) is 11.8. The van der Waals surface area contributed by atoms with Crippen LogP contribution in [0.1, 0.15) is 53.9 Å². The summed E-state index contributed by atoms with van der Waals surface area (Å²) in [7, 11) is 0. The van der Waals surface area contributed by atoms with Crippen molar-refractivity contribution in [3.63, 3.8) is 0 Å². The van der Waals surface area contributed by atoms with Gasteiger partial charge in [-0.2, -0.15) is 0 Å². The fourth-order valence-electron chi connectivity index (χ4n) is 0.613. The van der Waals surface area contributed by atoms with Crippen molar-refractivity contribution < 1.29 is 0 Å². The predicted molar refractivity (Wildman–Crippen MR) is 78.5 cm³/mol. The van der Waals surface area contributed by atoms with Gasteiger partial charge in [-0.15, -0.1) is 6.42 Å². The standard InChI is InChI=1S/C10H12.C4H10.C2H6/c1-5-6-7-10(4)8-9(2)3;1-3-4-2;1-2/h1,6-7H,2,4,8H2,3H3;3-4H2,1-2H3;1-2H3/b7-6-;;. The van der Waals surface area contributed by atoms with Gasteiger partial charge in [0.2, 0.25) is 0 Å². The third kappa shape index (κ3) is 29.3. The van der Waals surface area contributed by atoms with Crippen molar-refractivity contribution >= 4 is 0 Å². The van der Waals surface area contributed by atoms with Gasteiger partial charge in [-0.3, -0.25) is 0 Å². The smallest absolute Gasteiger partial charge is 0.00782 e. The van der Waals surface area contributed by atoms with Gasteiger partial charge >= 0.3 is 0 Å². The number of hydrogen-bond donors (Lipinski definition) is 0. The summed E-state index contributed by atoms with van der Waals surface area (Å²) in [4.78, 5) is 0. The molecule has 0 fully saturated rings. The van der Waals surface area contributed by atoms with Crippen LogP contribution in [0.4, 0.5) is 0 Å². The molecule has 0 atom stereocenters. The maximum atomic E-state index is 5.01. The highest BCUT2D eigenvalue weighted by molar-refractivity contribution is 5.25. The molecule has 0 saturated carbocycles. The second-order valence-corrected chi connectivity index (χ2v) is 3.29. The van der Waals surface area contributed by atoms with Crippen LogP contribution in [0.3, 0.4) is 0 Å². The first kappa shape index (κ1) is 20.2. The second kappa shape index (κ2) is 19.4. The molecule has 0 aromatic heterocycles. The summed E-state index contributed by atoms with van der Waals surface area (Å²) in [6.07, 6.45) is 11.9. The summed E-state index contributed by atoms with van der Waals surface area (Å²) >= 11 is 0. The first-order chi connectivity index (χ1) is 7.58. The fraction of sp³-hybridized carbons (Fsp3) is 0.500. The van der Waals surface area contributed by atoms with Gasteiger partial charge in [0.15, 0.2) is 0 Å². The van der Waals surface area contributed by atoms with E-state index in [2.05, 4.69) is 32.9 Å². The largest absolute Gasteiger partial charge is 0.115 e. The Morgan fingerprint density at radius 1 is 1.19 bits per heavy atom. The molecule has 0 heteroatoms. The highest BCUT2D eigenvalue weighted by atomic mass is 13.9. The molecule has 0 aliphatic rings. The minimum absolute atomic E-state index is 0.832. The molecular weight excluding hydrogens is 192 g/mol. The van der Waals surface area contributed by atoms with Crippen LogP contribution in [0.5, 0.6) is 0 Å². The Bertz CT molecular complexity index is 221. The zero-order valence-electron chi connectivity index (χ0n) is 11.8. The van der Waals surface area contributed by atoms with Gasteiger partial charge in [-0.25, -0.2) is 0 Å². The summed E-state index contributed by atoms with van der Waals surface area (Å²) in [6.45, 7) is 17.9. The van der Waals surface area contributed by atoms with Crippen LogP contribution in [-0.4, -0.2) is 0 Å². The molecule has 0 N–H and O–H groups in total. The first-order valence-corrected chi connectivity index (χ1v) is 6.03. The van der Waals surface area contributed by atoms with Crippen molar-refractivity contribution in [3.05, 3.63) is 36.5 Å². The Kier molecular flexibility index (Phi) is 24.5. The molecule has 0 aromatic carbocycles. The molecule has 0 aliphatic carbocycles. The SMILES string of the molecule is C#C/C=C\C(=C)CC(=C)C.CC.CCCC. The molecule has 16 heavy (non-hydrogen) atoms. The summed E-state index contributed by atoms with van der Waals surface area (Å²) in [6, 6.07) is 0. The normalized spacial score (nSPS) is 8.00. The molecule has 0 rings (SSSR count). The minimum atomic E-state index is 0.832. The predicted octanol–water partition coefficient (Wildman–Crippen LogP) is 5.53. The Labute approximate surface area is 103 Å². The molecule has 0 spiro atoms. The van der Waals surface area contributed by atoms with E-state index < -0.39 is 0 Å². The van der Waals surface area contributed by atoms with E-state index in [0.29, 0.717) is 0 Å². The molecule has 0 radical (unpaired) electrons. The maximum absolute atomic E-state index is 5.01. The van der Waals surface area contributed by atoms with Crippen LogP contribution in [0.15, 0.2) is 36.5 Å². The van der Waals surface area contributed by atoms with Gasteiger partial charge in [0, 0.05) is 0 Å². The lowest BCUT2D eigenvalue weighted by molar-refractivity contribution is 0.886. The molecule has 0 amide bonds. The third-order valence-corrected chi connectivity index (χ3v) is 1.44. The summed E-state index contributed by atoms with van der Waals surface area (Å²) in [5, 5.41) is 0. The van der Waals surface area contributed by atoms with E-state index in [1.807, 2.05) is 26.8 Å². The summed E-state index contributed by atoms with van der Waals surface area (Å²) < 4.78 is 0. The molecule has 0 aromatic rings. The number of unbranched alkanes of at least 4 members (excludes halogenated alkanes) is 1. The quantitative estimate of drug-likeness (QED) is 0.332. The maximum Gasteiger partial charge on any atom is -0.00782 e. The van der Waals surface area contributed by atoms with Crippen LogP contribution in [0.25, 0.3) is 0 Å². The van der Waals surface area contributed by atoms with Gasteiger partial charge < -0.3 is 0 Å². The lowest BCUT2D eigenvalue weighted by Crippen LogP contribution is -1.75. The second-order valence-electron chi connectivity index (χ2n) is 3.29. The lowest BCUT2D eigenvalue weighted by atomic mass is 10.1. The van der Waals surface area contributed by atoms with Crippen LogP contribution in [0, 0.1) is 12.3 Å².